The van der Waals surface area contributed by atoms with Gasteiger partial charge < -0.3 is 10.2 Å². The van der Waals surface area contributed by atoms with E-state index in [1.807, 2.05) is 0 Å². The Bertz CT molecular complexity index is 372. The molecule has 74 valence electrons. The highest BCUT2D eigenvalue weighted by Crippen LogP contribution is 2.37. The summed E-state index contributed by atoms with van der Waals surface area (Å²) in [6.07, 6.45) is 1.52. The quantitative estimate of drug-likeness (QED) is 0.360. The fraction of sp³-hybridized carbons (Fsp3) is 0.200. The van der Waals surface area contributed by atoms with E-state index in [1.54, 1.807) is 12.1 Å². The second kappa shape index (κ2) is 3.42. The van der Waals surface area contributed by atoms with Gasteiger partial charge in [0, 0.05) is 5.56 Å². The van der Waals surface area contributed by atoms with Crippen molar-refractivity contribution in [2.45, 2.75) is 12.2 Å². The molecule has 3 N–H and O–H groups in total. The van der Waals surface area contributed by atoms with E-state index >= 15 is 0 Å². The minimum atomic E-state index is -0.761. The molecule has 0 saturated heterocycles. The van der Waals surface area contributed by atoms with E-state index in [2.05, 4.69) is 4.89 Å². The van der Waals surface area contributed by atoms with Gasteiger partial charge in [-0.1, -0.05) is 18.2 Å². The topological polar surface area (TPSA) is 69.9 Å². The van der Waals surface area contributed by atoms with Gasteiger partial charge in [-0.05, 0) is 17.7 Å². The van der Waals surface area contributed by atoms with Gasteiger partial charge in [0.1, 0.15) is 11.9 Å². The third kappa shape index (κ3) is 1.29. The predicted molar refractivity (Wildman–Crippen MR) is 48.7 cm³/mol. The molecule has 1 aromatic rings. The van der Waals surface area contributed by atoms with Crippen molar-refractivity contribution in [3.05, 3.63) is 41.5 Å². The van der Waals surface area contributed by atoms with Gasteiger partial charge in [-0.3, -0.25) is 5.26 Å². The van der Waals surface area contributed by atoms with Crippen LogP contribution in [0.2, 0.25) is 0 Å². The number of aromatic hydroxyl groups is 1. The molecule has 0 spiro atoms. The Hall–Kier alpha value is -1.36. The van der Waals surface area contributed by atoms with E-state index < -0.39 is 12.2 Å². The maximum Gasteiger partial charge on any atom is 0.140 e. The maximum absolute atomic E-state index is 9.56. The first kappa shape index (κ1) is 9.21. The first-order chi connectivity index (χ1) is 6.74. The van der Waals surface area contributed by atoms with Gasteiger partial charge in [-0.15, -0.1) is 0 Å². The molecule has 2 unspecified atom stereocenters. The molecule has 4 nitrogen and oxygen atoms in total. The van der Waals surface area contributed by atoms with Crippen LogP contribution < -0.4 is 0 Å². The third-order valence-corrected chi connectivity index (χ3v) is 2.30. The molecule has 0 bridgehead atoms. The van der Waals surface area contributed by atoms with Crippen LogP contribution in [0.3, 0.4) is 0 Å². The van der Waals surface area contributed by atoms with Crippen molar-refractivity contribution in [3.63, 3.8) is 0 Å². The van der Waals surface area contributed by atoms with E-state index in [-0.39, 0.29) is 5.75 Å². The van der Waals surface area contributed by atoms with Gasteiger partial charge in [0.15, 0.2) is 0 Å². The second-order valence-corrected chi connectivity index (χ2v) is 3.14. The summed E-state index contributed by atoms with van der Waals surface area (Å²) in [5, 5.41) is 27.7. The molecule has 0 saturated carbocycles. The molecule has 0 aliphatic heterocycles. The maximum atomic E-state index is 9.56. The number of aliphatic hydroxyl groups is 1. The van der Waals surface area contributed by atoms with Crippen molar-refractivity contribution in [2.75, 3.05) is 0 Å². The smallest absolute Gasteiger partial charge is 0.140 e. The highest BCUT2D eigenvalue weighted by atomic mass is 17.1. The van der Waals surface area contributed by atoms with Crippen LogP contribution in [-0.4, -0.2) is 15.5 Å². The normalized spacial score (nSPS) is 24.7. The molecule has 1 aromatic carbocycles. The summed E-state index contributed by atoms with van der Waals surface area (Å²) >= 11 is 0. The first-order valence-electron chi connectivity index (χ1n) is 4.22. The lowest BCUT2D eigenvalue weighted by atomic mass is 9.92. The molecule has 0 amide bonds. The monoisotopic (exact) mass is 194 g/mol. The molecule has 4 heteroatoms. The highest BCUT2D eigenvalue weighted by molar-refractivity contribution is 5.47. The molecule has 14 heavy (non-hydrogen) atoms. The molecule has 2 rings (SSSR count). The third-order valence-electron chi connectivity index (χ3n) is 2.30. The van der Waals surface area contributed by atoms with Crippen LogP contribution >= 0.6 is 0 Å². The highest BCUT2D eigenvalue weighted by Gasteiger charge is 2.24. The molecule has 0 aromatic heterocycles. The summed E-state index contributed by atoms with van der Waals surface area (Å²) < 4.78 is 0. The van der Waals surface area contributed by atoms with Crippen LogP contribution in [0.25, 0.3) is 0 Å². The summed E-state index contributed by atoms with van der Waals surface area (Å²) in [5.41, 5.74) is 0.955. The number of hydrogen-bond donors (Lipinski definition) is 3. The lowest BCUT2D eigenvalue weighted by Crippen LogP contribution is -2.10. The zero-order valence-corrected chi connectivity index (χ0v) is 7.29. The zero-order chi connectivity index (χ0) is 10.1. The van der Waals surface area contributed by atoms with Crippen LogP contribution in [0.5, 0.6) is 5.75 Å². The molecule has 0 radical (unpaired) electrons. The van der Waals surface area contributed by atoms with Crippen LogP contribution in [0.1, 0.15) is 23.3 Å². The Morgan fingerprint density at radius 2 is 2.00 bits per heavy atom. The molecule has 0 heterocycles. The SMILES string of the molecule is OOC1C=CC(O)c2cccc(O)c21. The average Bonchev–Trinajstić information content (AvgIpc) is 2.20. The Morgan fingerprint density at radius 3 is 2.71 bits per heavy atom. The fourth-order valence-electron chi connectivity index (χ4n) is 1.63. The standard InChI is InChI=1S/C10H10O4/c11-7-4-5-9(14-13)10-6(7)2-1-3-8(10)12/h1-5,7,9,11-13H. The van der Waals surface area contributed by atoms with Gasteiger partial charge in [-0.25, -0.2) is 4.89 Å². The Kier molecular flexibility index (Phi) is 2.25. The Balaban J connectivity index is 2.57. The van der Waals surface area contributed by atoms with Gasteiger partial charge in [0.05, 0.1) is 6.10 Å². The fourth-order valence-corrected chi connectivity index (χ4v) is 1.63. The van der Waals surface area contributed by atoms with E-state index in [4.69, 9.17) is 5.26 Å². The minimum absolute atomic E-state index is 0.00458. The summed E-state index contributed by atoms with van der Waals surface area (Å²) in [4.78, 5) is 4.19. The largest absolute Gasteiger partial charge is 0.508 e. The van der Waals surface area contributed by atoms with E-state index in [9.17, 15) is 10.2 Å². The molecule has 2 atom stereocenters. The first-order valence-corrected chi connectivity index (χ1v) is 4.22. The van der Waals surface area contributed by atoms with Crippen molar-refractivity contribution in [1.82, 2.24) is 0 Å². The zero-order valence-electron chi connectivity index (χ0n) is 7.29. The van der Waals surface area contributed by atoms with E-state index in [1.165, 1.54) is 18.2 Å². The van der Waals surface area contributed by atoms with Gasteiger partial charge in [-0.2, -0.15) is 0 Å². The van der Waals surface area contributed by atoms with Crippen LogP contribution in [0, 0.1) is 0 Å². The van der Waals surface area contributed by atoms with Crippen molar-refractivity contribution < 1.29 is 20.4 Å². The number of fused-ring (bicyclic) bond motifs is 1. The number of benzene rings is 1. The minimum Gasteiger partial charge on any atom is -0.508 e. The number of phenols is 1. The lowest BCUT2D eigenvalue weighted by Gasteiger charge is -2.22. The molecular formula is C10H10O4. The van der Waals surface area contributed by atoms with Crippen molar-refractivity contribution in [1.29, 1.82) is 0 Å². The number of hydrogen-bond acceptors (Lipinski definition) is 4. The number of phenolic OH excluding ortho intramolecular Hbond substituents is 1. The predicted octanol–water partition coefficient (Wildman–Crippen LogP) is 1.53. The molecule has 1 aliphatic rings. The summed E-state index contributed by atoms with van der Waals surface area (Å²) in [7, 11) is 0. The average molecular weight is 194 g/mol. The summed E-state index contributed by atoms with van der Waals surface area (Å²) in [5.74, 6) is 0.00458. The lowest BCUT2D eigenvalue weighted by molar-refractivity contribution is -0.269. The summed E-state index contributed by atoms with van der Waals surface area (Å²) in [6.45, 7) is 0. The van der Waals surface area contributed by atoms with Crippen molar-refractivity contribution in [3.8, 4) is 5.75 Å². The molecule has 1 aliphatic carbocycles. The van der Waals surface area contributed by atoms with Crippen LogP contribution in [0.4, 0.5) is 0 Å². The Labute approximate surface area is 80.6 Å². The van der Waals surface area contributed by atoms with Gasteiger partial charge >= 0.3 is 0 Å². The number of rotatable bonds is 1. The summed E-state index contributed by atoms with van der Waals surface area (Å²) in [6, 6.07) is 4.79. The van der Waals surface area contributed by atoms with Crippen LogP contribution in [-0.2, 0) is 4.89 Å². The second-order valence-electron chi connectivity index (χ2n) is 3.14. The molecule has 0 fully saturated rings. The Morgan fingerprint density at radius 1 is 1.21 bits per heavy atom. The van der Waals surface area contributed by atoms with E-state index in [0.29, 0.717) is 11.1 Å². The van der Waals surface area contributed by atoms with Crippen molar-refractivity contribution in [2.24, 2.45) is 0 Å². The van der Waals surface area contributed by atoms with Crippen LogP contribution in [0.15, 0.2) is 30.4 Å². The van der Waals surface area contributed by atoms with Gasteiger partial charge in [0.25, 0.3) is 0 Å². The number of aliphatic hydroxyl groups excluding tert-OH is 1. The molecular weight excluding hydrogens is 184 g/mol. The van der Waals surface area contributed by atoms with E-state index in [0.717, 1.165) is 0 Å². The van der Waals surface area contributed by atoms with Crippen molar-refractivity contribution >= 4 is 0 Å². The van der Waals surface area contributed by atoms with Gasteiger partial charge in [0.2, 0.25) is 0 Å².